The van der Waals surface area contributed by atoms with E-state index < -0.39 is 5.91 Å². The van der Waals surface area contributed by atoms with Gasteiger partial charge in [0.05, 0.1) is 5.01 Å². The molecule has 0 radical (unpaired) electrons. The molecule has 0 fully saturated rings. The first-order valence-electron chi connectivity index (χ1n) is 9.35. The molecule has 2 aromatic heterocycles. The molecule has 0 unspecified atom stereocenters. The van der Waals surface area contributed by atoms with Crippen LogP contribution in [-0.4, -0.2) is 21.2 Å². The molecule has 1 amide bonds. The average molecular weight is 451 g/mol. The minimum atomic E-state index is -0.476. The second-order valence-electron chi connectivity index (χ2n) is 6.54. The number of aryl methyl sites for hydroxylation is 1. The van der Waals surface area contributed by atoms with Gasteiger partial charge in [-0.3, -0.25) is 10.1 Å². The number of hydrogen-bond donors (Lipinski definition) is 2. The third-order valence-corrected chi connectivity index (χ3v) is 5.16. The van der Waals surface area contributed by atoms with Crippen LogP contribution < -0.4 is 15.4 Å². The molecule has 0 saturated carbocycles. The Morgan fingerprint density at radius 2 is 2.00 bits per heavy atom. The van der Waals surface area contributed by atoms with Crippen molar-refractivity contribution in [1.82, 2.24) is 15.5 Å². The maximum Gasteiger partial charge on any atom is 0.279 e. The third-order valence-electron chi connectivity index (χ3n) is 4.18. The van der Waals surface area contributed by atoms with Crippen molar-refractivity contribution in [3.63, 3.8) is 0 Å². The predicted octanol–water partition coefficient (Wildman–Crippen LogP) is 4.81. The van der Waals surface area contributed by atoms with Gasteiger partial charge in [0.15, 0.2) is 16.6 Å². The van der Waals surface area contributed by atoms with E-state index in [1.165, 1.54) is 17.4 Å². The van der Waals surface area contributed by atoms with E-state index in [2.05, 4.69) is 20.8 Å². The van der Waals surface area contributed by atoms with Crippen LogP contribution in [-0.2, 0) is 6.61 Å². The maximum absolute atomic E-state index is 12.4. The standard InChI is InChI=1S/C22H18N4O3S2/c1-14-23-19(13-31-14)20-11-18(26-29-20)21(27)25-22(30)24-16-8-5-9-17(10-16)28-12-15-6-3-2-4-7-15/h2-11,13H,12H2,1H3,(H2,24,25,27,30). The van der Waals surface area contributed by atoms with Gasteiger partial charge in [0, 0.05) is 23.2 Å². The van der Waals surface area contributed by atoms with Crippen molar-refractivity contribution in [3.05, 3.63) is 82.3 Å². The average Bonchev–Trinajstić information content (AvgIpc) is 3.42. The Balaban J connectivity index is 1.33. The van der Waals surface area contributed by atoms with Gasteiger partial charge < -0.3 is 14.6 Å². The summed E-state index contributed by atoms with van der Waals surface area (Å²) in [5, 5.41) is 12.2. The number of amides is 1. The first-order chi connectivity index (χ1) is 15.1. The summed E-state index contributed by atoms with van der Waals surface area (Å²) in [7, 11) is 0. The molecular formula is C22H18N4O3S2. The number of hydrogen-bond acceptors (Lipinski definition) is 7. The Morgan fingerprint density at radius 1 is 1.16 bits per heavy atom. The lowest BCUT2D eigenvalue weighted by molar-refractivity contribution is 0.0969. The van der Waals surface area contributed by atoms with Gasteiger partial charge in [0.2, 0.25) is 0 Å². The van der Waals surface area contributed by atoms with E-state index in [0.29, 0.717) is 29.5 Å². The summed E-state index contributed by atoms with van der Waals surface area (Å²) in [4.78, 5) is 16.7. The number of benzene rings is 2. The first kappa shape index (κ1) is 20.7. The van der Waals surface area contributed by atoms with Crippen LogP contribution in [0.5, 0.6) is 5.75 Å². The van der Waals surface area contributed by atoms with E-state index in [1.807, 2.05) is 60.8 Å². The number of thiocarbonyl (C=S) groups is 1. The zero-order valence-electron chi connectivity index (χ0n) is 16.5. The van der Waals surface area contributed by atoms with E-state index in [1.54, 1.807) is 6.07 Å². The maximum atomic E-state index is 12.4. The highest BCUT2D eigenvalue weighted by molar-refractivity contribution is 7.80. The van der Waals surface area contributed by atoms with Gasteiger partial charge >= 0.3 is 0 Å². The van der Waals surface area contributed by atoms with Crippen LogP contribution in [0.4, 0.5) is 5.69 Å². The van der Waals surface area contributed by atoms with Gasteiger partial charge in [0.25, 0.3) is 5.91 Å². The van der Waals surface area contributed by atoms with Crippen molar-refractivity contribution in [2.24, 2.45) is 0 Å². The van der Waals surface area contributed by atoms with Crippen LogP contribution >= 0.6 is 23.6 Å². The molecule has 31 heavy (non-hydrogen) atoms. The van der Waals surface area contributed by atoms with Gasteiger partial charge in [-0.1, -0.05) is 41.6 Å². The van der Waals surface area contributed by atoms with Crippen LogP contribution in [0.2, 0.25) is 0 Å². The number of nitrogens with zero attached hydrogens (tertiary/aromatic N) is 2. The lowest BCUT2D eigenvalue weighted by atomic mass is 10.2. The summed E-state index contributed by atoms with van der Waals surface area (Å²) in [5.41, 5.74) is 2.52. The van der Waals surface area contributed by atoms with E-state index in [4.69, 9.17) is 21.5 Å². The van der Waals surface area contributed by atoms with Gasteiger partial charge in [-0.05, 0) is 36.8 Å². The first-order valence-corrected chi connectivity index (χ1v) is 10.6. The van der Waals surface area contributed by atoms with Gasteiger partial charge in [-0.15, -0.1) is 11.3 Å². The lowest BCUT2D eigenvalue weighted by Crippen LogP contribution is -2.34. The summed E-state index contributed by atoms with van der Waals surface area (Å²) in [6.07, 6.45) is 0. The molecule has 9 heteroatoms. The summed E-state index contributed by atoms with van der Waals surface area (Å²) in [5.74, 6) is 0.634. The van der Waals surface area contributed by atoms with Gasteiger partial charge in [0.1, 0.15) is 18.1 Å². The zero-order valence-corrected chi connectivity index (χ0v) is 18.1. The monoisotopic (exact) mass is 450 g/mol. The second-order valence-corrected chi connectivity index (χ2v) is 8.01. The number of thiazole rings is 1. The number of carbonyl (C=O) groups excluding carboxylic acids is 1. The Hall–Kier alpha value is -3.56. The highest BCUT2D eigenvalue weighted by Crippen LogP contribution is 2.22. The van der Waals surface area contributed by atoms with Crippen molar-refractivity contribution >= 4 is 40.3 Å². The summed E-state index contributed by atoms with van der Waals surface area (Å²) >= 11 is 6.74. The van der Waals surface area contributed by atoms with Crippen molar-refractivity contribution in [3.8, 4) is 17.2 Å². The third kappa shape index (κ3) is 5.53. The molecule has 156 valence electrons. The molecule has 7 nitrogen and oxygen atoms in total. The fraction of sp³-hybridized carbons (Fsp3) is 0.0909. The Kier molecular flexibility index (Phi) is 6.34. The highest BCUT2D eigenvalue weighted by atomic mass is 32.1. The number of aromatic nitrogens is 2. The van der Waals surface area contributed by atoms with Crippen LogP contribution in [0.25, 0.3) is 11.5 Å². The summed E-state index contributed by atoms with van der Waals surface area (Å²) in [6, 6.07) is 18.7. The van der Waals surface area contributed by atoms with Crippen LogP contribution in [0.3, 0.4) is 0 Å². The van der Waals surface area contributed by atoms with Crippen molar-refractivity contribution < 1.29 is 14.1 Å². The molecule has 2 N–H and O–H groups in total. The fourth-order valence-electron chi connectivity index (χ4n) is 2.71. The zero-order chi connectivity index (χ0) is 21.6. The summed E-state index contributed by atoms with van der Waals surface area (Å²) < 4.78 is 11.0. The number of nitrogens with one attached hydrogen (secondary N) is 2. The molecule has 0 aliphatic rings. The van der Waals surface area contributed by atoms with E-state index >= 15 is 0 Å². The minimum Gasteiger partial charge on any atom is -0.489 e. The smallest absolute Gasteiger partial charge is 0.279 e. The van der Waals surface area contributed by atoms with Crippen LogP contribution in [0, 0.1) is 6.92 Å². The molecule has 0 atom stereocenters. The SMILES string of the molecule is Cc1nc(-c2cc(C(=O)NC(=S)Nc3cccc(OCc4ccccc4)c3)no2)cs1. The quantitative estimate of drug-likeness (QED) is 0.407. The lowest BCUT2D eigenvalue weighted by Gasteiger charge is -2.11. The van der Waals surface area contributed by atoms with E-state index in [9.17, 15) is 4.79 Å². The number of ether oxygens (including phenoxy) is 1. The fourth-order valence-corrected chi connectivity index (χ4v) is 3.53. The molecule has 2 heterocycles. The predicted molar refractivity (Wildman–Crippen MR) is 123 cm³/mol. The molecule has 0 aliphatic heterocycles. The molecular weight excluding hydrogens is 432 g/mol. The molecule has 0 spiro atoms. The molecule has 4 aromatic rings. The van der Waals surface area contributed by atoms with Crippen molar-refractivity contribution in [2.45, 2.75) is 13.5 Å². The largest absolute Gasteiger partial charge is 0.489 e. The molecule has 0 saturated heterocycles. The number of carbonyl (C=O) groups is 1. The Morgan fingerprint density at radius 3 is 2.77 bits per heavy atom. The normalized spacial score (nSPS) is 10.5. The van der Waals surface area contributed by atoms with Crippen molar-refractivity contribution in [1.29, 1.82) is 0 Å². The Bertz CT molecular complexity index is 1200. The molecule has 0 aliphatic carbocycles. The number of rotatable bonds is 6. The minimum absolute atomic E-state index is 0.116. The van der Waals surface area contributed by atoms with Crippen LogP contribution in [0.15, 0.2) is 70.6 Å². The van der Waals surface area contributed by atoms with Gasteiger partial charge in [-0.25, -0.2) is 4.98 Å². The second kappa shape index (κ2) is 9.50. The molecule has 4 rings (SSSR count). The van der Waals surface area contributed by atoms with Crippen molar-refractivity contribution in [2.75, 3.05) is 5.32 Å². The Labute approximate surface area is 188 Å². The number of anilines is 1. The van der Waals surface area contributed by atoms with Gasteiger partial charge in [-0.2, -0.15) is 0 Å². The highest BCUT2D eigenvalue weighted by Gasteiger charge is 2.16. The van der Waals surface area contributed by atoms with E-state index in [0.717, 1.165) is 10.6 Å². The van der Waals surface area contributed by atoms with Crippen LogP contribution in [0.1, 0.15) is 21.1 Å². The molecule has 2 aromatic carbocycles. The summed E-state index contributed by atoms with van der Waals surface area (Å²) in [6.45, 7) is 2.35. The molecule has 0 bridgehead atoms. The topological polar surface area (TPSA) is 89.3 Å². The van der Waals surface area contributed by atoms with E-state index in [-0.39, 0.29) is 10.8 Å².